The van der Waals surface area contributed by atoms with Gasteiger partial charge in [-0.3, -0.25) is 4.79 Å². The first-order chi connectivity index (χ1) is 12.5. The minimum atomic E-state index is -0.416. The fourth-order valence-electron chi connectivity index (χ4n) is 4.50. The van der Waals surface area contributed by atoms with E-state index in [-0.39, 0.29) is 17.2 Å². The summed E-state index contributed by atoms with van der Waals surface area (Å²) in [6.45, 7) is 6.58. The molecule has 3 rings (SSSR count). The quantitative estimate of drug-likeness (QED) is 0.818. The van der Waals surface area contributed by atoms with E-state index in [2.05, 4.69) is 43.4 Å². The Morgan fingerprint density at radius 3 is 2.38 bits per heavy atom. The average Bonchev–Trinajstić information content (AvgIpc) is 3.16. The largest absolute Gasteiger partial charge is 0.381 e. The fraction of sp³-hybridized carbons (Fsp3) is 0.682. The Hall–Kier alpha value is -1.39. The summed E-state index contributed by atoms with van der Waals surface area (Å²) in [6, 6.07) is 8.61. The number of carbonyl (C=O) groups excluding carboxylic acids is 1. The van der Waals surface area contributed by atoms with E-state index in [1.807, 2.05) is 0 Å². The van der Waals surface area contributed by atoms with Crippen molar-refractivity contribution >= 4 is 5.91 Å². The van der Waals surface area contributed by atoms with Gasteiger partial charge in [0.1, 0.15) is 0 Å². The molecule has 2 aliphatic rings. The fourth-order valence-corrected chi connectivity index (χ4v) is 4.50. The van der Waals surface area contributed by atoms with Gasteiger partial charge in [0.25, 0.3) is 0 Å². The van der Waals surface area contributed by atoms with Crippen LogP contribution in [0.25, 0.3) is 0 Å². The predicted octanol–water partition coefficient (Wildman–Crippen LogP) is 3.49. The molecule has 1 heterocycles. The summed E-state index contributed by atoms with van der Waals surface area (Å²) in [6.07, 6.45) is 6.51. The Morgan fingerprint density at radius 1 is 1.19 bits per heavy atom. The Labute approximate surface area is 157 Å². The summed E-state index contributed by atoms with van der Waals surface area (Å²) < 4.78 is 5.38. The van der Waals surface area contributed by atoms with Crippen molar-refractivity contribution < 1.29 is 9.53 Å². The molecule has 1 aliphatic heterocycles. The molecule has 144 valence electrons. The molecule has 1 unspecified atom stereocenters. The predicted molar refractivity (Wildman–Crippen MR) is 105 cm³/mol. The van der Waals surface area contributed by atoms with Crippen molar-refractivity contribution in [2.24, 2.45) is 11.7 Å². The maximum Gasteiger partial charge on any atom is 0.237 e. The van der Waals surface area contributed by atoms with E-state index >= 15 is 0 Å². The smallest absolute Gasteiger partial charge is 0.237 e. The number of hydrogen-bond donors (Lipinski definition) is 2. The van der Waals surface area contributed by atoms with Gasteiger partial charge in [-0.2, -0.15) is 0 Å². The lowest BCUT2D eigenvalue weighted by molar-refractivity contribution is -0.124. The Morgan fingerprint density at radius 2 is 1.81 bits per heavy atom. The van der Waals surface area contributed by atoms with Gasteiger partial charge in [0, 0.05) is 25.2 Å². The number of amides is 1. The van der Waals surface area contributed by atoms with E-state index < -0.39 is 6.04 Å². The van der Waals surface area contributed by atoms with Crippen molar-refractivity contribution in [3.63, 3.8) is 0 Å². The van der Waals surface area contributed by atoms with E-state index in [1.165, 1.54) is 24.0 Å². The van der Waals surface area contributed by atoms with Gasteiger partial charge in [-0.25, -0.2) is 0 Å². The molecule has 4 heteroatoms. The van der Waals surface area contributed by atoms with Crippen LogP contribution in [0.15, 0.2) is 24.3 Å². The van der Waals surface area contributed by atoms with Gasteiger partial charge in [-0.05, 0) is 48.6 Å². The molecule has 0 bridgehead atoms. The van der Waals surface area contributed by atoms with Crippen molar-refractivity contribution in [3.05, 3.63) is 35.4 Å². The molecular weight excluding hydrogens is 324 g/mol. The van der Waals surface area contributed by atoms with Gasteiger partial charge in [-0.1, -0.05) is 51.0 Å². The van der Waals surface area contributed by atoms with Crippen LogP contribution < -0.4 is 11.1 Å². The number of ether oxygens (including phenoxy) is 1. The summed E-state index contributed by atoms with van der Waals surface area (Å²) in [7, 11) is 0. The maximum atomic E-state index is 12.6. The molecule has 3 N–H and O–H groups in total. The topological polar surface area (TPSA) is 64.4 Å². The van der Waals surface area contributed by atoms with Crippen molar-refractivity contribution in [3.8, 4) is 0 Å². The molecule has 1 saturated heterocycles. The second-order valence-corrected chi connectivity index (χ2v) is 8.46. The highest BCUT2D eigenvalue weighted by molar-refractivity contribution is 5.82. The summed E-state index contributed by atoms with van der Waals surface area (Å²) >= 11 is 0. The van der Waals surface area contributed by atoms with E-state index in [1.54, 1.807) is 0 Å². The minimum Gasteiger partial charge on any atom is -0.381 e. The highest BCUT2D eigenvalue weighted by Crippen LogP contribution is 2.41. The number of benzene rings is 1. The van der Waals surface area contributed by atoms with Crippen LogP contribution in [0.1, 0.15) is 69.4 Å². The lowest BCUT2D eigenvalue weighted by Gasteiger charge is -2.32. The van der Waals surface area contributed by atoms with Gasteiger partial charge in [0.2, 0.25) is 5.91 Å². The summed E-state index contributed by atoms with van der Waals surface area (Å²) in [5.41, 5.74) is 9.04. The number of carbonyl (C=O) groups is 1. The molecule has 1 amide bonds. The standard InChI is InChI=1S/C22H34N2O2/c1-16(2)17-5-7-19(8-6-17)22(11-3-4-12-22)15-24-21(25)20(23)18-9-13-26-14-10-18/h5-8,16,18,20H,3-4,9-15,23H2,1-2H3,(H,24,25). The van der Waals surface area contributed by atoms with Crippen LogP contribution >= 0.6 is 0 Å². The highest BCUT2D eigenvalue weighted by Gasteiger charge is 2.37. The van der Waals surface area contributed by atoms with Gasteiger partial charge in [-0.15, -0.1) is 0 Å². The Bertz CT molecular complexity index is 585. The van der Waals surface area contributed by atoms with E-state index in [0.29, 0.717) is 12.5 Å². The van der Waals surface area contributed by atoms with Crippen LogP contribution in [-0.4, -0.2) is 31.7 Å². The third kappa shape index (κ3) is 4.29. The van der Waals surface area contributed by atoms with Crippen molar-refractivity contribution in [2.45, 2.75) is 69.7 Å². The molecule has 26 heavy (non-hydrogen) atoms. The number of nitrogens with one attached hydrogen (secondary N) is 1. The molecular formula is C22H34N2O2. The Balaban J connectivity index is 1.65. The maximum absolute atomic E-state index is 12.6. The first-order valence-corrected chi connectivity index (χ1v) is 10.2. The van der Waals surface area contributed by atoms with Crippen LogP contribution in [0.3, 0.4) is 0 Å². The van der Waals surface area contributed by atoms with Crippen LogP contribution in [-0.2, 0) is 14.9 Å². The van der Waals surface area contributed by atoms with E-state index in [4.69, 9.17) is 10.5 Å². The van der Waals surface area contributed by atoms with Crippen molar-refractivity contribution in [1.82, 2.24) is 5.32 Å². The monoisotopic (exact) mass is 358 g/mol. The van der Waals surface area contributed by atoms with Gasteiger partial charge in [0.05, 0.1) is 6.04 Å². The average molecular weight is 359 g/mol. The number of rotatable bonds is 6. The third-order valence-corrected chi connectivity index (χ3v) is 6.43. The molecule has 2 fully saturated rings. The van der Waals surface area contributed by atoms with Gasteiger partial charge in [0.15, 0.2) is 0 Å². The zero-order valence-corrected chi connectivity index (χ0v) is 16.3. The molecule has 0 spiro atoms. The van der Waals surface area contributed by atoms with Crippen molar-refractivity contribution in [2.75, 3.05) is 19.8 Å². The highest BCUT2D eigenvalue weighted by atomic mass is 16.5. The normalized spacial score (nSPS) is 21.7. The number of nitrogens with two attached hydrogens (primary N) is 1. The Kier molecular flexibility index (Phi) is 6.36. The zero-order chi connectivity index (χ0) is 18.6. The van der Waals surface area contributed by atoms with Crippen LogP contribution in [0.2, 0.25) is 0 Å². The molecule has 0 radical (unpaired) electrons. The van der Waals surface area contributed by atoms with Crippen LogP contribution in [0.5, 0.6) is 0 Å². The second kappa shape index (κ2) is 8.53. The van der Waals surface area contributed by atoms with Crippen molar-refractivity contribution in [1.29, 1.82) is 0 Å². The second-order valence-electron chi connectivity index (χ2n) is 8.46. The summed E-state index contributed by atoms with van der Waals surface area (Å²) in [5.74, 6) is 0.788. The summed E-state index contributed by atoms with van der Waals surface area (Å²) in [4.78, 5) is 12.6. The SMILES string of the molecule is CC(C)c1ccc(C2(CNC(=O)C(N)C3CCOCC3)CCCC2)cc1. The summed E-state index contributed by atoms with van der Waals surface area (Å²) in [5, 5.41) is 3.19. The van der Waals surface area contributed by atoms with Crippen LogP contribution in [0.4, 0.5) is 0 Å². The molecule has 1 saturated carbocycles. The molecule has 0 aromatic heterocycles. The molecule has 4 nitrogen and oxygen atoms in total. The lowest BCUT2D eigenvalue weighted by atomic mass is 9.78. The molecule has 1 aromatic rings. The first kappa shape index (κ1) is 19.4. The first-order valence-electron chi connectivity index (χ1n) is 10.2. The zero-order valence-electron chi connectivity index (χ0n) is 16.3. The third-order valence-electron chi connectivity index (χ3n) is 6.43. The molecule has 1 atom stereocenters. The van der Waals surface area contributed by atoms with Gasteiger partial charge >= 0.3 is 0 Å². The molecule has 1 aromatic carbocycles. The van der Waals surface area contributed by atoms with E-state index in [0.717, 1.165) is 38.9 Å². The molecule has 1 aliphatic carbocycles. The number of hydrogen-bond acceptors (Lipinski definition) is 3. The van der Waals surface area contributed by atoms with Crippen LogP contribution in [0, 0.1) is 5.92 Å². The van der Waals surface area contributed by atoms with E-state index in [9.17, 15) is 4.79 Å². The minimum absolute atomic E-state index is 0.00183. The van der Waals surface area contributed by atoms with Gasteiger partial charge < -0.3 is 15.8 Å². The lowest BCUT2D eigenvalue weighted by Crippen LogP contribution is -2.50.